The molecule has 0 bridgehead atoms. The van der Waals surface area contributed by atoms with Crippen molar-refractivity contribution in [2.75, 3.05) is 20.2 Å². The van der Waals surface area contributed by atoms with E-state index < -0.39 is 6.17 Å². The fourth-order valence-corrected chi connectivity index (χ4v) is 3.26. The van der Waals surface area contributed by atoms with Crippen LogP contribution in [-0.4, -0.2) is 56.7 Å². The highest BCUT2D eigenvalue weighted by atomic mass is 19.1. The van der Waals surface area contributed by atoms with Gasteiger partial charge in [-0.15, -0.1) is 0 Å². The van der Waals surface area contributed by atoms with Crippen LogP contribution in [0, 0.1) is 0 Å². The Morgan fingerprint density at radius 3 is 2.82 bits per heavy atom. The molecule has 7 nitrogen and oxygen atoms in total. The number of pyridine rings is 2. The van der Waals surface area contributed by atoms with E-state index in [0.29, 0.717) is 42.5 Å². The Bertz CT molecular complexity index is 958. The third kappa shape index (κ3) is 3.58. The van der Waals surface area contributed by atoms with E-state index >= 15 is 0 Å². The Morgan fingerprint density at radius 2 is 2.14 bits per heavy atom. The lowest BCUT2D eigenvalue weighted by molar-refractivity contribution is 0.0631. The van der Waals surface area contributed by atoms with E-state index in [1.807, 2.05) is 24.3 Å². The summed E-state index contributed by atoms with van der Waals surface area (Å²) in [6.45, 7) is 0.643. The van der Waals surface area contributed by atoms with Gasteiger partial charge in [-0.2, -0.15) is 0 Å². The molecule has 0 unspecified atom stereocenters. The summed E-state index contributed by atoms with van der Waals surface area (Å²) >= 11 is 0. The van der Waals surface area contributed by atoms with Crippen molar-refractivity contribution in [3.05, 3.63) is 54.6 Å². The van der Waals surface area contributed by atoms with Crippen molar-refractivity contribution >= 4 is 5.91 Å². The van der Waals surface area contributed by atoms with Crippen molar-refractivity contribution < 1.29 is 13.9 Å². The standard InChI is InChI=1S/C20H20FN5O2/c1-28-18-8-7-14(11-23-18)19-24-16(13-26(19)17-6-2-3-9-22-17)20(27)25-10-4-5-15(21)12-25/h2-3,6-9,11,13,15H,4-5,10,12H2,1H3/t15-/m1/s1. The molecule has 0 radical (unpaired) electrons. The predicted molar refractivity (Wildman–Crippen MR) is 101 cm³/mol. The number of hydrogen-bond acceptors (Lipinski definition) is 5. The monoisotopic (exact) mass is 381 g/mol. The van der Waals surface area contributed by atoms with Gasteiger partial charge >= 0.3 is 0 Å². The number of ether oxygens (including phenoxy) is 1. The van der Waals surface area contributed by atoms with Gasteiger partial charge in [0, 0.05) is 36.8 Å². The molecule has 1 aliphatic rings. The minimum Gasteiger partial charge on any atom is -0.481 e. The smallest absolute Gasteiger partial charge is 0.274 e. The van der Waals surface area contributed by atoms with Crippen LogP contribution >= 0.6 is 0 Å². The van der Waals surface area contributed by atoms with Crippen molar-refractivity contribution in [2.24, 2.45) is 0 Å². The summed E-state index contributed by atoms with van der Waals surface area (Å²) in [7, 11) is 1.55. The molecule has 0 spiro atoms. The van der Waals surface area contributed by atoms with E-state index in [4.69, 9.17) is 4.74 Å². The van der Waals surface area contributed by atoms with Crippen LogP contribution in [0.4, 0.5) is 4.39 Å². The Kier molecular flexibility index (Phi) is 5.01. The van der Waals surface area contributed by atoms with E-state index in [1.165, 1.54) is 4.90 Å². The van der Waals surface area contributed by atoms with Crippen LogP contribution in [0.1, 0.15) is 23.3 Å². The molecule has 28 heavy (non-hydrogen) atoms. The van der Waals surface area contributed by atoms with Gasteiger partial charge in [0.15, 0.2) is 0 Å². The number of carbonyl (C=O) groups is 1. The lowest BCUT2D eigenvalue weighted by atomic mass is 10.1. The van der Waals surface area contributed by atoms with Gasteiger partial charge in [-0.25, -0.2) is 19.3 Å². The van der Waals surface area contributed by atoms with Crippen molar-refractivity contribution in [2.45, 2.75) is 19.0 Å². The summed E-state index contributed by atoms with van der Waals surface area (Å²) in [5.74, 6) is 1.37. The fraction of sp³-hybridized carbons (Fsp3) is 0.300. The van der Waals surface area contributed by atoms with Gasteiger partial charge in [0.05, 0.1) is 13.7 Å². The second kappa shape index (κ2) is 7.75. The molecule has 1 amide bonds. The number of likely N-dealkylation sites (tertiary alicyclic amines) is 1. The molecule has 1 aliphatic heterocycles. The molecule has 1 atom stereocenters. The van der Waals surface area contributed by atoms with Gasteiger partial charge in [0.25, 0.3) is 5.91 Å². The number of imidazole rings is 1. The van der Waals surface area contributed by atoms with Crippen LogP contribution in [0.25, 0.3) is 17.2 Å². The molecule has 1 fully saturated rings. The van der Waals surface area contributed by atoms with Crippen LogP contribution in [-0.2, 0) is 0 Å². The summed E-state index contributed by atoms with van der Waals surface area (Å²) in [5, 5.41) is 0. The number of carbonyl (C=O) groups excluding carboxylic acids is 1. The van der Waals surface area contributed by atoms with Gasteiger partial charge in [-0.1, -0.05) is 6.07 Å². The summed E-state index contributed by atoms with van der Waals surface area (Å²) in [5.41, 5.74) is 0.970. The van der Waals surface area contributed by atoms with Crippen LogP contribution in [0.5, 0.6) is 5.88 Å². The Morgan fingerprint density at radius 1 is 1.25 bits per heavy atom. The highest BCUT2D eigenvalue weighted by molar-refractivity contribution is 5.93. The van der Waals surface area contributed by atoms with Crippen molar-refractivity contribution in [1.82, 2.24) is 24.4 Å². The summed E-state index contributed by atoms with van der Waals surface area (Å²) in [6.07, 6.45) is 5.11. The molecular formula is C20H20FN5O2. The number of rotatable bonds is 4. The summed E-state index contributed by atoms with van der Waals surface area (Å²) < 4.78 is 20.6. The summed E-state index contributed by atoms with van der Waals surface area (Å²) in [6, 6.07) is 9.05. The molecular weight excluding hydrogens is 361 g/mol. The highest BCUT2D eigenvalue weighted by Crippen LogP contribution is 2.24. The Labute approximate surface area is 161 Å². The quantitative estimate of drug-likeness (QED) is 0.695. The van der Waals surface area contributed by atoms with E-state index in [2.05, 4.69) is 15.0 Å². The molecule has 0 N–H and O–H groups in total. The number of aromatic nitrogens is 4. The van der Waals surface area contributed by atoms with Gasteiger partial charge in [0.2, 0.25) is 5.88 Å². The molecule has 1 saturated heterocycles. The first-order chi connectivity index (χ1) is 13.7. The number of piperidine rings is 1. The molecule has 4 heterocycles. The zero-order valence-corrected chi connectivity index (χ0v) is 15.5. The van der Waals surface area contributed by atoms with Gasteiger partial charge in [0.1, 0.15) is 23.5 Å². The first-order valence-corrected chi connectivity index (χ1v) is 9.10. The number of halogens is 1. The predicted octanol–water partition coefficient (Wildman–Crippen LogP) is 2.91. The maximum absolute atomic E-state index is 13.7. The zero-order chi connectivity index (χ0) is 19.5. The van der Waals surface area contributed by atoms with Gasteiger partial charge in [-0.3, -0.25) is 9.36 Å². The molecule has 3 aromatic heterocycles. The van der Waals surface area contributed by atoms with E-state index in [0.717, 1.165) is 0 Å². The average Bonchev–Trinajstić information content (AvgIpc) is 3.19. The van der Waals surface area contributed by atoms with Crippen LogP contribution in [0.3, 0.4) is 0 Å². The fourth-order valence-electron chi connectivity index (χ4n) is 3.26. The number of nitrogens with zero attached hydrogens (tertiary/aromatic N) is 5. The first-order valence-electron chi connectivity index (χ1n) is 9.10. The first kappa shape index (κ1) is 18.1. The molecule has 0 aliphatic carbocycles. The lowest BCUT2D eigenvalue weighted by Crippen LogP contribution is -2.40. The second-order valence-corrected chi connectivity index (χ2v) is 6.59. The lowest BCUT2D eigenvalue weighted by Gasteiger charge is -2.28. The SMILES string of the molecule is COc1ccc(-c2nc(C(=O)N3CCC[C@@H](F)C3)cn2-c2ccccn2)cn1. The number of hydrogen-bond donors (Lipinski definition) is 0. The van der Waals surface area contributed by atoms with Crippen molar-refractivity contribution in [3.8, 4) is 23.1 Å². The van der Waals surface area contributed by atoms with Crippen molar-refractivity contribution in [3.63, 3.8) is 0 Å². The van der Waals surface area contributed by atoms with Crippen molar-refractivity contribution in [1.29, 1.82) is 0 Å². The second-order valence-electron chi connectivity index (χ2n) is 6.59. The Hall–Kier alpha value is -3.29. The van der Waals surface area contributed by atoms with Gasteiger partial charge in [-0.05, 0) is 31.0 Å². The molecule has 0 aromatic carbocycles. The molecule has 3 aromatic rings. The minimum atomic E-state index is -0.985. The molecule has 8 heteroatoms. The average molecular weight is 381 g/mol. The summed E-state index contributed by atoms with van der Waals surface area (Å²) in [4.78, 5) is 27.5. The molecule has 4 rings (SSSR count). The van der Waals surface area contributed by atoms with Crippen LogP contribution < -0.4 is 4.74 Å². The molecule has 144 valence electrons. The van der Waals surface area contributed by atoms with Crippen LogP contribution in [0.15, 0.2) is 48.9 Å². The zero-order valence-electron chi connectivity index (χ0n) is 15.5. The van der Waals surface area contributed by atoms with E-state index in [1.54, 1.807) is 36.3 Å². The van der Waals surface area contributed by atoms with E-state index in [-0.39, 0.29) is 18.1 Å². The highest BCUT2D eigenvalue weighted by Gasteiger charge is 2.27. The third-order valence-electron chi connectivity index (χ3n) is 4.68. The maximum atomic E-state index is 13.7. The number of alkyl halides is 1. The van der Waals surface area contributed by atoms with E-state index in [9.17, 15) is 9.18 Å². The largest absolute Gasteiger partial charge is 0.481 e. The topological polar surface area (TPSA) is 73.1 Å². The third-order valence-corrected chi connectivity index (χ3v) is 4.68. The Balaban J connectivity index is 1.74. The maximum Gasteiger partial charge on any atom is 0.274 e. The van der Waals surface area contributed by atoms with Crippen LogP contribution in [0.2, 0.25) is 0 Å². The number of amides is 1. The minimum absolute atomic E-state index is 0.106. The normalized spacial score (nSPS) is 16.8. The number of methoxy groups -OCH3 is 1. The van der Waals surface area contributed by atoms with Gasteiger partial charge < -0.3 is 9.64 Å². The molecule has 0 saturated carbocycles.